The van der Waals surface area contributed by atoms with E-state index in [1.54, 1.807) is 6.92 Å². The second-order valence-corrected chi connectivity index (χ2v) is 4.70. The Morgan fingerprint density at radius 1 is 1.47 bits per heavy atom. The first-order chi connectivity index (χ1) is 8.11. The number of fused-ring (bicyclic) bond motifs is 1. The molecule has 0 saturated carbocycles. The lowest BCUT2D eigenvalue weighted by Gasteiger charge is -2.11. The molecule has 1 aromatic carbocycles. The van der Waals surface area contributed by atoms with E-state index >= 15 is 0 Å². The number of aliphatic hydroxyl groups excluding tert-OH is 1. The minimum atomic E-state index is -1.16. The monoisotopic (exact) mass is 234 g/mol. The van der Waals surface area contributed by atoms with Crippen molar-refractivity contribution in [2.24, 2.45) is 5.92 Å². The SMILES string of the molecule is CCOC(=O)C(O)c1ccc2c(c1)CC(C)C2. The third-order valence-electron chi connectivity index (χ3n) is 3.19. The lowest BCUT2D eigenvalue weighted by atomic mass is 10.0. The van der Waals surface area contributed by atoms with Crippen LogP contribution in [0.1, 0.15) is 36.6 Å². The summed E-state index contributed by atoms with van der Waals surface area (Å²) < 4.78 is 4.81. The molecule has 0 saturated heterocycles. The molecule has 1 aromatic rings. The third-order valence-corrected chi connectivity index (χ3v) is 3.19. The number of aliphatic hydroxyl groups is 1. The van der Waals surface area contributed by atoms with Crippen molar-refractivity contribution in [2.45, 2.75) is 32.8 Å². The highest BCUT2D eigenvalue weighted by atomic mass is 16.5. The molecule has 1 aliphatic carbocycles. The van der Waals surface area contributed by atoms with Crippen molar-refractivity contribution in [1.82, 2.24) is 0 Å². The van der Waals surface area contributed by atoms with E-state index in [4.69, 9.17) is 4.74 Å². The molecule has 0 heterocycles. The van der Waals surface area contributed by atoms with Gasteiger partial charge in [0.2, 0.25) is 0 Å². The fourth-order valence-corrected chi connectivity index (χ4v) is 2.39. The van der Waals surface area contributed by atoms with Gasteiger partial charge in [0.15, 0.2) is 6.10 Å². The first kappa shape index (κ1) is 12.1. The second kappa shape index (κ2) is 4.88. The molecule has 1 N–H and O–H groups in total. The number of hydrogen-bond donors (Lipinski definition) is 1. The minimum absolute atomic E-state index is 0.290. The Morgan fingerprint density at radius 2 is 2.18 bits per heavy atom. The summed E-state index contributed by atoms with van der Waals surface area (Å²) >= 11 is 0. The van der Waals surface area contributed by atoms with Gasteiger partial charge in [-0.1, -0.05) is 25.1 Å². The predicted octanol–water partition coefficient (Wildman–Crippen LogP) is 2.02. The highest BCUT2D eigenvalue weighted by molar-refractivity contribution is 5.76. The van der Waals surface area contributed by atoms with Crippen molar-refractivity contribution in [2.75, 3.05) is 6.61 Å². The zero-order valence-electron chi connectivity index (χ0n) is 10.3. The van der Waals surface area contributed by atoms with Crippen LogP contribution >= 0.6 is 0 Å². The molecule has 0 fully saturated rings. The van der Waals surface area contributed by atoms with Crippen LogP contribution in [-0.4, -0.2) is 17.7 Å². The van der Waals surface area contributed by atoms with E-state index in [0.717, 1.165) is 12.8 Å². The molecular formula is C14H18O3. The van der Waals surface area contributed by atoms with Gasteiger partial charge in [0.05, 0.1) is 6.61 Å². The van der Waals surface area contributed by atoms with Gasteiger partial charge in [-0.15, -0.1) is 0 Å². The smallest absolute Gasteiger partial charge is 0.339 e. The largest absolute Gasteiger partial charge is 0.464 e. The van der Waals surface area contributed by atoms with Gasteiger partial charge < -0.3 is 9.84 Å². The second-order valence-electron chi connectivity index (χ2n) is 4.70. The Morgan fingerprint density at radius 3 is 2.88 bits per heavy atom. The van der Waals surface area contributed by atoms with E-state index in [2.05, 4.69) is 6.92 Å². The maximum absolute atomic E-state index is 11.4. The molecule has 0 aliphatic heterocycles. The number of hydrogen-bond acceptors (Lipinski definition) is 3. The molecule has 92 valence electrons. The van der Waals surface area contributed by atoms with Gasteiger partial charge in [-0.05, 0) is 42.4 Å². The normalized spacial score (nSPS) is 19.8. The molecule has 0 amide bonds. The average Bonchev–Trinajstić information content (AvgIpc) is 2.67. The van der Waals surface area contributed by atoms with E-state index in [0.29, 0.717) is 11.5 Å². The summed E-state index contributed by atoms with van der Waals surface area (Å²) in [7, 11) is 0. The van der Waals surface area contributed by atoms with Gasteiger partial charge in [0, 0.05) is 0 Å². The van der Waals surface area contributed by atoms with Crippen LogP contribution in [-0.2, 0) is 22.4 Å². The molecule has 3 nitrogen and oxygen atoms in total. The van der Waals surface area contributed by atoms with Crippen molar-refractivity contribution in [3.8, 4) is 0 Å². The minimum Gasteiger partial charge on any atom is -0.464 e. The Balaban J connectivity index is 2.18. The van der Waals surface area contributed by atoms with Crippen LogP contribution in [0.25, 0.3) is 0 Å². The molecule has 2 rings (SSSR count). The number of ether oxygens (including phenoxy) is 1. The maximum Gasteiger partial charge on any atom is 0.339 e. The van der Waals surface area contributed by atoms with Crippen molar-refractivity contribution in [1.29, 1.82) is 0 Å². The molecule has 0 spiro atoms. The Labute approximate surface area is 101 Å². The summed E-state index contributed by atoms with van der Waals surface area (Å²) in [6, 6.07) is 5.76. The fraction of sp³-hybridized carbons (Fsp3) is 0.500. The summed E-state index contributed by atoms with van der Waals surface area (Å²) in [5, 5.41) is 9.84. The van der Waals surface area contributed by atoms with E-state index in [1.807, 2.05) is 18.2 Å². The Kier molecular flexibility index (Phi) is 3.48. The van der Waals surface area contributed by atoms with Crippen LogP contribution in [0, 0.1) is 5.92 Å². The van der Waals surface area contributed by atoms with Crippen molar-refractivity contribution >= 4 is 5.97 Å². The number of rotatable bonds is 3. The molecule has 3 heteroatoms. The summed E-state index contributed by atoms with van der Waals surface area (Å²) in [6.07, 6.45) is 0.959. The predicted molar refractivity (Wildman–Crippen MR) is 64.6 cm³/mol. The van der Waals surface area contributed by atoms with Crippen molar-refractivity contribution in [3.63, 3.8) is 0 Å². The van der Waals surface area contributed by atoms with Crippen LogP contribution in [0.4, 0.5) is 0 Å². The molecule has 1 aliphatic rings. The molecule has 2 unspecified atom stereocenters. The maximum atomic E-state index is 11.4. The van der Waals surface area contributed by atoms with Gasteiger partial charge in [-0.2, -0.15) is 0 Å². The first-order valence-corrected chi connectivity index (χ1v) is 6.08. The summed E-state index contributed by atoms with van der Waals surface area (Å²) in [4.78, 5) is 11.4. The average molecular weight is 234 g/mol. The summed E-state index contributed by atoms with van der Waals surface area (Å²) in [5.74, 6) is 0.0819. The molecule has 0 bridgehead atoms. The third kappa shape index (κ3) is 2.50. The first-order valence-electron chi connectivity index (χ1n) is 6.08. The quantitative estimate of drug-likeness (QED) is 0.814. The number of carbonyl (C=O) groups is 1. The number of benzene rings is 1. The van der Waals surface area contributed by atoms with Crippen molar-refractivity contribution < 1.29 is 14.6 Å². The summed E-state index contributed by atoms with van der Waals surface area (Å²) in [6.45, 7) is 4.23. The van der Waals surface area contributed by atoms with Gasteiger partial charge in [-0.25, -0.2) is 4.79 Å². The zero-order chi connectivity index (χ0) is 12.4. The van der Waals surface area contributed by atoms with Gasteiger partial charge in [-0.3, -0.25) is 0 Å². The standard InChI is InChI=1S/C14H18O3/c1-3-17-14(16)13(15)11-5-4-10-6-9(2)7-12(10)8-11/h4-5,8-9,13,15H,3,6-7H2,1-2H3. The Bertz CT molecular complexity index is 425. The zero-order valence-corrected chi connectivity index (χ0v) is 10.3. The molecular weight excluding hydrogens is 216 g/mol. The highest BCUT2D eigenvalue weighted by Gasteiger charge is 2.22. The van der Waals surface area contributed by atoms with Crippen LogP contribution < -0.4 is 0 Å². The lowest BCUT2D eigenvalue weighted by molar-refractivity contribution is -0.153. The molecule has 2 atom stereocenters. The van der Waals surface area contributed by atoms with Crippen molar-refractivity contribution in [3.05, 3.63) is 34.9 Å². The van der Waals surface area contributed by atoms with E-state index in [1.165, 1.54) is 11.1 Å². The summed E-state index contributed by atoms with van der Waals surface area (Å²) in [5.41, 5.74) is 3.21. The molecule has 0 aromatic heterocycles. The van der Waals surface area contributed by atoms with Gasteiger partial charge >= 0.3 is 5.97 Å². The van der Waals surface area contributed by atoms with Crippen LogP contribution in [0.15, 0.2) is 18.2 Å². The van der Waals surface area contributed by atoms with Crippen LogP contribution in [0.2, 0.25) is 0 Å². The van der Waals surface area contributed by atoms with Crippen LogP contribution in [0.3, 0.4) is 0 Å². The van der Waals surface area contributed by atoms with E-state index in [-0.39, 0.29) is 6.61 Å². The number of esters is 1. The van der Waals surface area contributed by atoms with E-state index < -0.39 is 12.1 Å². The Hall–Kier alpha value is -1.35. The molecule has 0 radical (unpaired) electrons. The van der Waals surface area contributed by atoms with Crippen LogP contribution in [0.5, 0.6) is 0 Å². The topological polar surface area (TPSA) is 46.5 Å². The number of carbonyl (C=O) groups excluding carboxylic acids is 1. The van der Waals surface area contributed by atoms with E-state index in [9.17, 15) is 9.90 Å². The fourth-order valence-electron chi connectivity index (χ4n) is 2.39. The lowest BCUT2D eigenvalue weighted by Crippen LogP contribution is -2.15. The highest BCUT2D eigenvalue weighted by Crippen LogP contribution is 2.29. The van der Waals surface area contributed by atoms with Gasteiger partial charge in [0.25, 0.3) is 0 Å². The van der Waals surface area contributed by atoms with Gasteiger partial charge in [0.1, 0.15) is 0 Å². The molecule has 17 heavy (non-hydrogen) atoms.